The zero-order chi connectivity index (χ0) is 18.1. The van der Waals surface area contributed by atoms with Crippen LogP contribution in [-0.4, -0.2) is 27.4 Å². The van der Waals surface area contributed by atoms with E-state index in [9.17, 15) is 8.78 Å². The molecule has 7 heteroatoms. The molecule has 3 aromatic rings. The summed E-state index contributed by atoms with van der Waals surface area (Å²) in [5.41, 5.74) is 7.33. The number of halogens is 2. The number of hydrogen-bond donors (Lipinski definition) is 1. The summed E-state index contributed by atoms with van der Waals surface area (Å²) in [4.78, 5) is 0. The highest BCUT2D eigenvalue weighted by atomic mass is 19.1. The fourth-order valence-electron chi connectivity index (χ4n) is 3.23. The minimum absolute atomic E-state index is 0.221. The molecule has 134 valence electrons. The molecule has 0 bridgehead atoms. The topological polar surface area (TPSA) is 66.0 Å². The lowest BCUT2D eigenvalue weighted by Crippen LogP contribution is -2.28. The quantitative estimate of drug-likeness (QED) is 0.781. The van der Waals surface area contributed by atoms with Crippen LogP contribution < -0.4 is 10.5 Å². The molecular formula is C19H18F2N4O. The molecule has 26 heavy (non-hydrogen) atoms. The Labute approximate surface area is 149 Å². The summed E-state index contributed by atoms with van der Waals surface area (Å²) >= 11 is 0. The third kappa shape index (κ3) is 3.17. The largest absolute Gasteiger partial charge is 0.491 e. The fourth-order valence-corrected chi connectivity index (χ4v) is 3.23. The van der Waals surface area contributed by atoms with Crippen LogP contribution in [-0.2, 0) is 19.4 Å². The van der Waals surface area contributed by atoms with Crippen molar-refractivity contribution >= 4 is 0 Å². The van der Waals surface area contributed by atoms with E-state index in [2.05, 4.69) is 10.2 Å². The molecular weight excluding hydrogens is 338 g/mol. The molecule has 4 rings (SSSR count). The highest BCUT2D eigenvalue weighted by Gasteiger charge is 2.22. The normalized spacial score (nSPS) is 14.1. The van der Waals surface area contributed by atoms with E-state index in [-0.39, 0.29) is 12.0 Å². The first-order chi connectivity index (χ1) is 12.6. The van der Waals surface area contributed by atoms with Gasteiger partial charge in [0.2, 0.25) is 0 Å². The van der Waals surface area contributed by atoms with Crippen molar-refractivity contribution in [2.45, 2.75) is 25.4 Å². The second-order valence-corrected chi connectivity index (χ2v) is 6.34. The number of benzene rings is 2. The first kappa shape index (κ1) is 16.7. The fraction of sp³-hybridized carbons (Fsp3) is 0.263. The number of hydrogen-bond acceptors (Lipinski definition) is 4. The number of aromatic nitrogens is 3. The Bertz CT molecular complexity index is 941. The molecule has 0 amide bonds. The van der Waals surface area contributed by atoms with Gasteiger partial charge in [-0.05, 0) is 42.3 Å². The van der Waals surface area contributed by atoms with Crippen LogP contribution in [0.5, 0.6) is 5.75 Å². The first-order valence-electron chi connectivity index (χ1n) is 8.45. The monoisotopic (exact) mass is 356 g/mol. The van der Waals surface area contributed by atoms with E-state index in [0.29, 0.717) is 25.4 Å². The van der Waals surface area contributed by atoms with E-state index in [4.69, 9.17) is 10.5 Å². The molecule has 0 aliphatic carbocycles. The molecule has 0 fully saturated rings. The number of nitrogens with two attached hydrogens (primary N) is 1. The van der Waals surface area contributed by atoms with Gasteiger partial charge in [-0.2, -0.15) is 0 Å². The lowest BCUT2D eigenvalue weighted by molar-refractivity contribution is 0.304. The third-order valence-corrected chi connectivity index (χ3v) is 4.46. The van der Waals surface area contributed by atoms with Crippen LogP contribution in [0.15, 0.2) is 42.5 Å². The zero-order valence-electron chi connectivity index (χ0n) is 14.0. The number of ether oxygens (including phenoxy) is 1. The van der Waals surface area contributed by atoms with Gasteiger partial charge in [-0.25, -0.2) is 8.78 Å². The maximum Gasteiger partial charge on any atom is 0.167 e. The van der Waals surface area contributed by atoms with Crippen molar-refractivity contribution in [3.8, 4) is 17.1 Å². The molecule has 1 aliphatic rings. The molecule has 0 radical (unpaired) electrons. The summed E-state index contributed by atoms with van der Waals surface area (Å²) in [5, 5.41) is 8.56. The van der Waals surface area contributed by atoms with E-state index >= 15 is 0 Å². The van der Waals surface area contributed by atoms with Crippen molar-refractivity contribution in [1.82, 2.24) is 14.8 Å². The second kappa shape index (κ2) is 6.84. The minimum atomic E-state index is -0.473. The van der Waals surface area contributed by atoms with Gasteiger partial charge in [-0.1, -0.05) is 12.1 Å². The van der Waals surface area contributed by atoms with Gasteiger partial charge in [0.05, 0.1) is 12.1 Å². The summed E-state index contributed by atoms with van der Waals surface area (Å²) in [5.74, 6) is 1.29. The predicted octanol–water partition coefficient (Wildman–Crippen LogP) is 2.73. The SMILES string of the molecule is N[C@H](Cc1cc(F)ccc1F)Cc1nnc2n1CCOc1ccccc1-2. The molecule has 0 saturated heterocycles. The molecule has 1 aliphatic heterocycles. The number of rotatable bonds is 4. The maximum atomic E-state index is 13.8. The van der Waals surface area contributed by atoms with Gasteiger partial charge >= 0.3 is 0 Å². The molecule has 1 atom stereocenters. The van der Waals surface area contributed by atoms with E-state index in [1.54, 1.807) is 0 Å². The van der Waals surface area contributed by atoms with Crippen molar-refractivity contribution in [1.29, 1.82) is 0 Å². The number of nitrogens with zero attached hydrogens (tertiary/aromatic N) is 3. The zero-order valence-corrected chi connectivity index (χ0v) is 14.0. The first-order valence-corrected chi connectivity index (χ1v) is 8.45. The Balaban J connectivity index is 1.57. The van der Waals surface area contributed by atoms with Gasteiger partial charge in [-0.3, -0.25) is 0 Å². The van der Waals surface area contributed by atoms with Crippen LogP contribution in [0.1, 0.15) is 11.4 Å². The molecule has 2 N–H and O–H groups in total. The van der Waals surface area contributed by atoms with E-state index in [1.807, 2.05) is 28.8 Å². The molecule has 1 aromatic heterocycles. The average Bonchev–Trinajstić information content (AvgIpc) is 2.91. The van der Waals surface area contributed by atoms with Crippen molar-refractivity contribution in [3.63, 3.8) is 0 Å². The molecule has 2 aromatic carbocycles. The Kier molecular flexibility index (Phi) is 4.38. The van der Waals surface area contributed by atoms with Crippen molar-refractivity contribution in [2.75, 3.05) is 6.61 Å². The average molecular weight is 356 g/mol. The summed E-state index contributed by atoms with van der Waals surface area (Å²) in [7, 11) is 0. The van der Waals surface area contributed by atoms with Crippen LogP contribution in [0.25, 0.3) is 11.4 Å². The van der Waals surface area contributed by atoms with Gasteiger partial charge in [0.15, 0.2) is 5.82 Å². The summed E-state index contributed by atoms with van der Waals surface area (Å²) in [6.07, 6.45) is 0.629. The maximum absolute atomic E-state index is 13.8. The van der Waals surface area contributed by atoms with Crippen molar-refractivity contribution in [2.24, 2.45) is 5.73 Å². The second-order valence-electron chi connectivity index (χ2n) is 6.34. The molecule has 0 spiro atoms. The predicted molar refractivity (Wildman–Crippen MR) is 92.7 cm³/mol. The molecule has 0 unspecified atom stereocenters. The Hall–Kier alpha value is -2.80. The van der Waals surface area contributed by atoms with Crippen LogP contribution in [0.4, 0.5) is 8.78 Å². The van der Waals surface area contributed by atoms with Crippen molar-refractivity contribution in [3.05, 3.63) is 65.5 Å². The minimum Gasteiger partial charge on any atom is -0.491 e. The van der Waals surface area contributed by atoms with Gasteiger partial charge in [0, 0.05) is 12.5 Å². The molecule has 0 saturated carbocycles. The number of para-hydroxylation sites is 1. The highest BCUT2D eigenvalue weighted by Crippen LogP contribution is 2.31. The Morgan fingerprint density at radius 1 is 1.12 bits per heavy atom. The standard InChI is InChI=1S/C19H18F2N4O/c20-13-5-6-16(21)12(9-13)10-14(22)11-18-23-24-19-15-3-1-2-4-17(15)26-8-7-25(18)19/h1-6,9,14H,7-8,10-11,22H2/t14-/m1/s1. The summed E-state index contributed by atoms with van der Waals surface area (Å²) in [6.45, 7) is 1.11. The lowest BCUT2D eigenvalue weighted by atomic mass is 10.0. The van der Waals surface area contributed by atoms with Gasteiger partial charge < -0.3 is 15.0 Å². The highest BCUT2D eigenvalue weighted by molar-refractivity contribution is 5.64. The van der Waals surface area contributed by atoms with Crippen LogP contribution in [0.3, 0.4) is 0 Å². The van der Waals surface area contributed by atoms with Crippen LogP contribution in [0, 0.1) is 11.6 Å². The summed E-state index contributed by atoms with van der Waals surface area (Å²) in [6, 6.07) is 10.7. The number of fused-ring (bicyclic) bond motifs is 3. The van der Waals surface area contributed by atoms with Crippen LogP contribution >= 0.6 is 0 Å². The third-order valence-electron chi connectivity index (χ3n) is 4.46. The van der Waals surface area contributed by atoms with Gasteiger partial charge in [0.1, 0.15) is 29.8 Å². The Morgan fingerprint density at radius 3 is 2.85 bits per heavy atom. The van der Waals surface area contributed by atoms with E-state index in [0.717, 1.165) is 29.3 Å². The molecule has 2 heterocycles. The van der Waals surface area contributed by atoms with Crippen LogP contribution in [0.2, 0.25) is 0 Å². The lowest BCUT2D eigenvalue weighted by Gasteiger charge is -2.13. The van der Waals surface area contributed by atoms with Gasteiger partial charge in [-0.15, -0.1) is 10.2 Å². The van der Waals surface area contributed by atoms with E-state index < -0.39 is 17.7 Å². The van der Waals surface area contributed by atoms with Gasteiger partial charge in [0.25, 0.3) is 0 Å². The van der Waals surface area contributed by atoms with E-state index in [1.165, 1.54) is 6.07 Å². The molecule has 5 nitrogen and oxygen atoms in total. The summed E-state index contributed by atoms with van der Waals surface area (Å²) < 4.78 is 34.9. The van der Waals surface area contributed by atoms with Crippen molar-refractivity contribution < 1.29 is 13.5 Å². The smallest absolute Gasteiger partial charge is 0.167 e. The Morgan fingerprint density at radius 2 is 1.96 bits per heavy atom.